The van der Waals surface area contributed by atoms with Crippen LogP contribution in [0.15, 0.2) is 30.7 Å². The number of rotatable bonds is 5. The Morgan fingerprint density at radius 3 is 2.63 bits per heavy atom. The van der Waals surface area contributed by atoms with Crippen molar-refractivity contribution in [3.63, 3.8) is 0 Å². The van der Waals surface area contributed by atoms with E-state index in [4.69, 9.17) is 16.3 Å². The Bertz CT molecular complexity index is 960. The first-order valence-electron chi connectivity index (χ1n) is 7.64. The number of aromatic nitrogens is 5. The molecule has 0 atom stereocenters. The molecule has 0 aliphatic carbocycles. The molecular weight excluding hydrogens is 385 g/mol. The second-order valence-electron chi connectivity index (χ2n) is 5.52. The molecule has 0 fully saturated rings. The van der Waals surface area contributed by atoms with Gasteiger partial charge in [-0.1, -0.05) is 12.1 Å². The molecule has 3 aromatic rings. The number of nitrogens with zero attached hydrogens (tertiary/aromatic N) is 5. The van der Waals surface area contributed by atoms with Crippen LogP contribution in [0.5, 0.6) is 5.75 Å². The number of hydrogen-bond donors (Lipinski definition) is 1. The van der Waals surface area contributed by atoms with Crippen molar-refractivity contribution in [1.29, 1.82) is 0 Å². The summed E-state index contributed by atoms with van der Waals surface area (Å²) in [5, 5.41) is 3.04. The number of hydrogen-bond acceptors (Lipinski definition) is 6. The maximum Gasteiger partial charge on any atom is 0.434 e. The van der Waals surface area contributed by atoms with Crippen molar-refractivity contribution in [3.05, 3.63) is 47.3 Å². The van der Waals surface area contributed by atoms with Crippen molar-refractivity contribution >= 4 is 17.5 Å². The van der Waals surface area contributed by atoms with Gasteiger partial charge in [-0.05, 0) is 17.7 Å². The monoisotopic (exact) mass is 398 g/mol. The van der Waals surface area contributed by atoms with E-state index in [1.165, 1.54) is 25.1 Å². The van der Waals surface area contributed by atoms with Crippen molar-refractivity contribution in [2.45, 2.75) is 12.7 Å². The van der Waals surface area contributed by atoms with Crippen LogP contribution in [-0.2, 0) is 19.8 Å². The number of ether oxygens (including phenoxy) is 1. The van der Waals surface area contributed by atoms with Crippen molar-refractivity contribution in [1.82, 2.24) is 24.5 Å². The number of halogens is 4. The Hall–Kier alpha value is -2.88. The van der Waals surface area contributed by atoms with Gasteiger partial charge in [0.2, 0.25) is 11.2 Å². The average Bonchev–Trinajstić information content (AvgIpc) is 3.02. The second kappa shape index (κ2) is 7.39. The lowest BCUT2D eigenvalue weighted by Gasteiger charge is -2.11. The maximum absolute atomic E-state index is 12.9. The summed E-state index contributed by atoms with van der Waals surface area (Å²) in [7, 11) is 2.98. The Morgan fingerprint density at radius 2 is 2.00 bits per heavy atom. The van der Waals surface area contributed by atoms with Gasteiger partial charge in [-0.15, -0.1) is 0 Å². The minimum absolute atomic E-state index is 0.0602. The molecule has 0 spiro atoms. The smallest absolute Gasteiger partial charge is 0.434 e. The quantitative estimate of drug-likeness (QED) is 0.708. The highest BCUT2D eigenvalue weighted by Crippen LogP contribution is 2.32. The largest absolute Gasteiger partial charge is 0.496 e. The van der Waals surface area contributed by atoms with Gasteiger partial charge in [-0.3, -0.25) is 0 Å². The van der Waals surface area contributed by atoms with Crippen LogP contribution in [0.3, 0.4) is 0 Å². The lowest BCUT2D eigenvalue weighted by molar-refractivity contribution is -0.140. The minimum atomic E-state index is -4.50. The zero-order chi connectivity index (χ0) is 19.6. The molecule has 0 aliphatic heterocycles. The number of anilines is 1. The molecule has 27 heavy (non-hydrogen) atoms. The van der Waals surface area contributed by atoms with Gasteiger partial charge in [0.05, 0.1) is 7.11 Å². The zero-order valence-electron chi connectivity index (χ0n) is 14.3. The van der Waals surface area contributed by atoms with E-state index < -0.39 is 11.9 Å². The predicted molar refractivity (Wildman–Crippen MR) is 92.4 cm³/mol. The average molecular weight is 399 g/mol. The fraction of sp³-hybridized carbons (Fsp3) is 0.250. The first-order valence-corrected chi connectivity index (χ1v) is 8.02. The zero-order valence-corrected chi connectivity index (χ0v) is 15.0. The molecule has 11 heteroatoms. The molecule has 0 amide bonds. The summed E-state index contributed by atoms with van der Waals surface area (Å²) in [6, 6.07) is 5.02. The molecule has 0 radical (unpaired) electrons. The molecule has 2 heterocycles. The van der Waals surface area contributed by atoms with Crippen LogP contribution < -0.4 is 10.1 Å². The Balaban J connectivity index is 1.85. The summed E-state index contributed by atoms with van der Waals surface area (Å²) >= 11 is 5.71. The maximum atomic E-state index is 12.9. The number of imidazole rings is 1. The summed E-state index contributed by atoms with van der Waals surface area (Å²) in [6.45, 7) is 0.318. The third-order valence-corrected chi connectivity index (χ3v) is 3.87. The van der Waals surface area contributed by atoms with Crippen LogP contribution in [0.2, 0.25) is 5.28 Å². The first-order chi connectivity index (χ1) is 12.8. The van der Waals surface area contributed by atoms with Gasteiger partial charge in [-0.25, -0.2) is 15.0 Å². The van der Waals surface area contributed by atoms with E-state index in [0.29, 0.717) is 23.8 Å². The number of methoxy groups -OCH3 is 1. The van der Waals surface area contributed by atoms with E-state index >= 15 is 0 Å². The SMILES string of the molecule is COc1cc(-c2nc(C(F)(F)F)cn2C)ccc1CNc1ncnc(Cl)n1. The van der Waals surface area contributed by atoms with Gasteiger partial charge in [-0.2, -0.15) is 18.2 Å². The van der Waals surface area contributed by atoms with Crippen LogP contribution in [-0.4, -0.2) is 31.6 Å². The fourth-order valence-corrected chi connectivity index (χ4v) is 2.56. The van der Waals surface area contributed by atoms with Crippen LogP contribution in [0.4, 0.5) is 19.1 Å². The van der Waals surface area contributed by atoms with E-state index in [2.05, 4.69) is 25.3 Å². The number of nitrogens with one attached hydrogen (secondary N) is 1. The van der Waals surface area contributed by atoms with E-state index in [0.717, 1.165) is 11.8 Å². The Labute approximate surface area is 157 Å². The Kier molecular flexibility index (Phi) is 5.17. The van der Waals surface area contributed by atoms with Gasteiger partial charge >= 0.3 is 6.18 Å². The van der Waals surface area contributed by atoms with Crippen LogP contribution >= 0.6 is 11.6 Å². The summed E-state index contributed by atoms with van der Waals surface area (Å²) in [4.78, 5) is 15.2. The Morgan fingerprint density at radius 1 is 1.22 bits per heavy atom. The van der Waals surface area contributed by atoms with Crippen molar-refractivity contribution in [3.8, 4) is 17.1 Å². The van der Waals surface area contributed by atoms with Gasteiger partial charge in [0.15, 0.2) is 5.69 Å². The topological polar surface area (TPSA) is 77.8 Å². The number of aryl methyl sites for hydroxylation is 1. The van der Waals surface area contributed by atoms with Gasteiger partial charge < -0.3 is 14.6 Å². The van der Waals surface area contributed by atoms with Crippen molar-refractivity contribution < 1.29 is 17.9 Å². The molecule has 1 aromatic carbocycles. The molecule has 2 aromatic heterocycles. The summed E-state index contributed by atoms with van der Waals surface area (Å²) in [5.74, 6) is 0.959. The predicted octanol–water partition coefficient (Wildman–Crippen LogP) is 3.57. The van der Waals surface area contributed by atoms with Gasteiger partial charge in [0.25, 0.3) is 0 Å². The summed E-state index contributed by atoms with van der Waals surface area (Å²) < 4.78 is 45.3. The van der Waals surface area contributed by atoms with Gasteiger partial charge in [0.1, 0.15) is 17.9 Å². The molecule has 0 saturated carbocycles. The summed E-state index contributed by atoms with van der Waals surface area (Å²) in [5.41, 5.74) is 0.302. The lowest BCUT2D eigenvalue weighted by atomic mass is 10.1. The molecule has 142 valence electrons. The standard InChI is InChI=1S/C16H14ClF3N6O/c1-26-7-12(16(18,19)20)24-13(26)9-3-4-10(11(5-9)27-2)6-21-15-23-8-22-14(17)25-15/h3-5,7-8H,6H2,1-2H3,(H,21,22,23,25). The van der Waals surface area contributed by atoms with Crippen LogP contribution in [0.25, 0.3) is 11.4 Å². The molecule has 0 aliphatic rings. The molecule has 3 rings (SSSR count). The van der Waals surface area contributed by atoms with Crippen molar-refractivity contribution in [2.24, 2.45) is 7.05 Å². The van der Waals surface area contributed by atoms with Crippen molar-refractivity contribution in [2.75, 3.05) is 12.4 Å². The summed E-state index contributed by atoms with van der Waals surface area (Å²) in [6.07, 6.45) is -2.28. The first kappa shape index (κ1) is 18.9. The molecular formula is C16H14ClF3N6O. The second-order valence-corrected chi connectivity index (χ2v) is 5.85. The highest BCUT2D eigenvalue weighted by Gasteiger charge is 2.34. The highest BCUT2D eigenvalue weighted by atomic mass is 35.5. The number of benzene rings is 1. The fourth-order valence-electron chi connectivity index (χ4n) is 2.44. The number of alkyl halides is 3. The third-order valence-electron chi connectivity index (χ3n) is 3.69. The minimum Gasteiger partial charge on any atom is -0.496 e. The highest BCUT2D eigenvalue weighted by molar-refractivity contribution is 6.28. The molecule has 7 nitrogen and oxygen atoms in total. The molecule has 0 unspecified atom stereocenters. The van der Waals surface area contributed by atoms with Crippen LogP contribution in [0.1, 0.15) is 11.3 Å². The van der Waals surface area contributed by atoms with E-state index in [9.17, 15) is 13.2 Å². The van der Waals surface area contributed by atoms with Crippen LogP contribution in [0, 0.1) is 0 Å². The molecule has 1 N–H and O–H groups in total. The lowest BCUT2D eigenvalue weighted by Crippen LogP contribution is -2.06. The van der Waals surface area contributed by atoms with E-state index in [1.807, 2.05) is 0 Å². The third kappa shape index (κ3) is 4.27. The molecule has 0 bridgehead atoms. The normalized spacial score (nSPS) is 11.5. The molecule has 0 saturated heterocycles. The van der Waals surface area contributed by atoms with Gasteiger partial charge in [0, 0.05) is 30.9 Å². The van der Waals surface area contributed by atoms with E-state index in [-0.39, 0.29) is 11.1 Å². The van der Waals surface area contributed by atoms with E-state index in [1.54, 1.807) is 18.2 Å².